The van der Waals surface area contributed by atoms with Crippen LogP contribution in [0.4, 0.5) is 5.82 Å². The molecule has 0 unspecified atom stereocenters. The first-order valence-corrected chi connectivity index (χ1v) is 5.23. The Morgan fingerprint density at radius 2 is 2.38 bits per heavy atom. The van der Waals surface area contributed by atoms with Gasteiger partial charge in [0.25, 0.3) is 0 Å². The van der Waals surface area contributed by atoms with Gasteiger partial charge in [-0.2, -0.15) is 5.26 Å². The Bertz CT molecular complexity index is 419. The molecule has 0 bridgehead atoms. The van der Waals surface area contributed by atoms with Crippen LogP contribution in [0.1, 0.15) is 12.0 Å². The van der Waals surface area contributed by atoms with Crippen molar-refractivity contribution in [1.29, 1.82) is 5.26 Å². The fourth-order valence-electron chi connectivity index (χ4n) is 1.75. The average molecular weight is 215 g/mol. The molecular formula is C12H13N3O. The maximum atomic E-state index is 8.99. The van der Waals surface area contributed by atoms with Crippen LogP contribution in [-0.4, -0.2) is 22.7 Å². The lowest BCUT2D eigenvalue weighted by molar-refractivity contribution is 0.250. The molecule has 0 aromatic carbocycles. The summed E-state index contributed by atoms with van der Waals surface area (Å²) in [5.74, 6) is 1.00. The summed E-state index contributed by atoms with van der Waals surface area (Å²) in [4.78, 5) is 4.13. The monoisotopic (exact) mass is 215 g/mol. The van der Waals surface area contributed by atoms with E-state index in [1.807, 2.05) is 18.2 Å². The maximum absolute atomic E-state index is 8.99. The van der Waals surface area contributed by atoms with Crippen molar-refractivity contribution in [1.82, 2.24) is 4.98 Å². The number of anilines is 1. The number of rotatable bonds is 3. The molecule has 4 heteroatoms. The quantitative estimate of drug-likeness (QED) is 0.746. The number of aliphatic hydroxyl groups is 1. The van der Waals surface area contributed by atoms with Gasteiger partial charge in [0, 0.05) is 24.8 Å². The Balaban J connectivity index is 1.95. The molecule has 1 heterocycles. The van der Waals surface area contributed by atoms with Gasteiger partial charge in [-0.3, -0.25) is 0 Å². The number of nitrogens with zero attached hydrogens (tertiary/aromatic N) is 2. The van der Waals surface area contributed by atoms with Crippen molar-refractivity contribution >= 4 is 5.82 Å². The minimum absolute atomic E-state index is 0.190. The fraction of sp³-hybridized carbons (Fsp3) is 0.333. The second-order valence-corrected chi connectivity index (χ2v) is 3.86. The number of aromatic nitrogens is 1. The number of pyridine rings is 1. The van der Waals surface area contributed by atoms with Gasteiger partial charge in [-0.15, -0.1) is 0 Å². The van der Waals surface area contributed by atoms with E-state index in [1.54, 1.807) is 18.3 Å². The van der Waals surface area contributed by atoms with Gasteiger partial charge < -0.3 is 10.4 Å². The summed E-state index contributed by atoms with van der Waals surface area (Å²) in [7, 11) is 0. The largest absolute Gasteiger partial charge is 0.396 e. The normalized spacial score (nSPS) is 23.0. The summed E-state index contributed by atoms with van der Waals surface area (Å²) in [6, 6.07) is 5.77. The van der Waals surface area contributed by atoms with Crippen LogP contribution in [0.15, 0.2) is 30.5 Å². The molecule has 0 radical (unpaired) electrons. The van der Waals surface area contributed by atoms with Crippen molar-refractivity contribution in [3.8, 4) is 6.07 Å². The van der Waals surface area contributed by atoms with Crippen LogP contribution in [-0.2, 0) is 0 Å². The summed E-state index contributed by atoms with van der Waals surface area (Å²) in [5, 5.41) is 20.9. The highest BCUT2D eigenvalue weighted by molar-refractivity contribution is 5.41. The molecule has 0 saturated heterocycles. The van der Waals surface area contributed by atoms with Crippen LogP contribution < -0.4 is 5.32 Å². The van der Waals surface area contributed by atoms with E-state index in [0.717, 1.165) is 12.2 Å². The van der Waals surface area contributed by atoms with E-state index < -0.39 is 0 Å². The minimum Gasteiger partial charge on any atom is -0.396 e. The van der Waals surface area contributed by atoms with Crippen LogP contribution in [0.25, 0.3) is 0 Å². The van der Waals surface area contributed by atoms with Gasteiger partial charge in [-0.05, 0) is 18.6 Å². The molecule has 16 heavy (non-hydrogen) atoms. The zero-order valence-electron chi connectivity index (χ0n) is 8.80. The van der Waals surface area contributed by atoms with Crippen LogP contribution in [0.5, 0.6) is 0 Å². The molecule has 82 valence electrons. The van der Waals surface area contributed by atoms with Gasteiger partial charge in [0.1, 0.15) is 11.9 Å². The molecule has 0 spiro atoms. The van der Waals surface area contributed by atoms with E-state index in [4.69, 9.17) is 10.4 Å². The molecule has 0 fully saturated rings. The lowest BCUT2D eigenvalue weighted by atomic mass is 10.1. The van der Waals surface area contributed by atoms with Crippen LogP contribution in [0.3, 0.4) is 0 Å². The van der Waals surface area contributed by atoms with Crippen LogP contribution >= 0.6 is 0 Å². The van der Waals surface area contributed by atoms with Crippen molar-refractivity contribution in [2.24, 2.45) is 5.92 Å². The first-order valence-electron chi connectivity index (χ1n) is 5.23. The van der Waals surface area contributed by atoms with E-state index in [1.165, 1.54) is 0 Å². The second kappa shape index (κ2) is 4.77. The highest BCUT2D eigenvalue weighted by Gasteiger charge is 2.17. The Morgan fingerprint density at radius 3 is 2.94 bits per heavy atom. The van der Waals surface area contributed by atoms with Gasteiger partial charge in [-0.25, -0.2) is 4.98 Å². The second-order valence-electron chi connectivity index (χ2n) is 3.86. The minimum atomic E-state index is 0.190. The zero-order chi connectivity index (χ0) is 11.4. The van der Waals surface area contributed by atoms with Gasteiger partial charge in [0.05, 0.1) is 5.56 Å². The summed E-state index contributed by atoms with van der Waals surface area (Å²) in [6.45, 7) is 0.190. The number of nitriles is 1. The van der Waals surface area contributed by atoms with E-state index in [2.05, 4.69) is 10.3 Å². The summed E-state index contributed by atoms with van der Waals surface area (Å²) in [5.41, 5.74) is 0.556. The Morgan fingerprint density at radius 1 is 1.50 bits per heavy atom. The molecule has 1 aliphatic rings. The van der Waals surface area contributed by atoms with Crippen molar-refractivity contribution in [2.45, 2.75) is 12.5 Å². The van der Waals surface area contributed by atoms with E-state index in [9.17, 15) is 0 Å². The summed E-state index contributed by atoms with van der Waals surface area (Å²) in [6.07, 6.45) is 6.49. The molecular weight excluding hydrogens is 202 g/mol. The lowest BCUT2D eigenvalue weighted by Crippen LogP contribution is -2.17. The number of hydrogen-bond donors (Lipinski definition) is 2. The van der Waals surface area contributed by atoms with Crippen molar-refractivity contribution in [2.75, 3.05) is 11.9 Å². The highest BCUT2D eigenvalue weighted by Crippen LogP contribution is 2.20. The Hall–Kier alpha value is -1.86. The molecule has 1 aromatic heterocycles. The third-order valence-corrected chi connectivity index (χ3v) is 2.63. The zero-order valence-corrected chi connectivity index (χ0v) is 8.80. The number of nitrogens with one attached hydrogen (secondary N) is 1. The van der Waals surface area contributed by atoms with Gasteiger partial charge >= 0.3 is 0 Å². The van der Waals surface area contributed by atoms with Gasteiger partial charge in [0.2, 0.25) is 0 Å². The lowest BCUT2D eigenvalue weighted by Gasteiger charge is -2.12. The standard InChI is InChI=1S/C12H13N3O/c13-6-10-2-4-12(14-7-10)15-11-3-1-9(5-11)8-16/h1-4,7,9,11,16H,5,8H2,(H,14,15)/t9-,11+/m0/s1. The average Bonchev–Trinajstić information content (AvgIpc) is 2.78. The summed E-state index contributed by atoms with van der Waals surface area (Å²) < 4.78 is 0. The van der Waals surface area contributed by atoms with E-state index in [0.29, 0.717) is 5.56 Å². The van der Waals surface area contributed by atoms with Gasteiger partial charge in [0.15, 0.2) is 0 Å². The SMILES string of the molecule is N#Cc1ccc(N[C@@H]2C=C[C@H](CO)C2)nc1. The summed E-state index contributed by atoms with van der Waals surface area (Å²) >= 11 is 0. The fourth-order valence-corrected chi connectivity index (χ4v) is 1.75. The topological polar surface area (TPSA) is 68.9 Å². The smallest absolute Gasteiger partial charge is 0.126 e. The molecule has 0 amide bonds. The third-order valence-electron chi connectivity index (χ3n) is 2.63. The highest BCUT2D eigenvalue weighted by atomic mass is 16.3. The Labute approximate surface area is 94.2 Å². The van der Waals surface area contributed by atoms with Crippen LogP contribution in [0.2, 0.25) is 0 Å². The molecule has 1 aromatic rings. The molecule has 1 aliphatic carbocycles. The van der Waals surface area contributed by atoms with E-state index >= 15 is 0 Å². The first kappa shape index (κ1) is 10.7. The van der Waals surface area contributed by atoms with Crippen molar-refractivity contribution in [3.05, 3.63) is 36.0 Å². The van der Waals surface area contributed by atoms with Crippen LogP contribution in [0, 0.1) is 17.2 Å². The maximum Gasteiger partial charge on any atom is 0.126 e. The predicted octanol–water partition coefficient (Wildman–Crippen LogP) is 1.30. The number of hydrogen-bond acceptors (Lipinski definition) is 4. The van der Waals surface area contributed by atoms with E-state index in [-0.39, 0.29) is 18.6 Å². The van der Waals surface area contributed by atoms with Crippen molar-refractivity contribution in [3.63, 3.8) is 0 Å². The molecule has 2 atom stereocenters. The number of aliphatic hydroxyl groups excluding tert-OH is 1. The molecule has 4 nitrogen and oxygen atoms in total. The third kappa shape index (κ3) is 2.38. The molecule has 0 aliphatic heterocycles. The van der Waals surface area contributed by atoms with Crippen molar-refractivity contribution < 1.29 is 5.11 Å². The first-order chi connectivity index (χ1) is 7.81. The van der Waals surface area contributed by atoms with Gasteiger partial charge in [-0.1, -0.05) is 12.2 Å². The Kier molecular flexibility index (Phi) is 3.18. The predicted molar refractivity (Wildman–Crippen MR) is 60.7 cm³/mol. The molecule has 2 rings (SSSR count). The molecule has 2 N–H and O–H groups in total. The molecule has 0 saturated carbocycles.